The maximum absolute atomic E-state index is 12.1. The van der Waals surface area contributed by atoms with Gasteiger partial charge in [0, 0.05) is 6.54 Å². The fraction of sp³-hybridized carbons (Fsp3) is 0.615. The number of nitrogens with zero attached hydrogens (tertiary/aromatic N) is 6. The number of rotatable bonds is 7. The van der Waals surface area contributed by atoms with Crippen molar-refractivity contribution in [1.82, 2.24) is 34.0 Å². The van der Waals surface area contributed by atoms with E-state index in [2.05, 4.69) is 29.3 Å². The van der Waals surface area contributed by atoms with Crippen LogP contribution in [0.25, 0.3) is 0 Å². The number of nitrogens with one attached hydrogen (secondary N) is 1. The average molecular weight is 323 g/mol. The summed E-state index contributed by atoms with van der Waals surface area (Å²) in [5.74, 6) is -0.185. The quantitative estimate of drug-likeness (QED) is 0.745. The molecule has 0 radical (unpaired) electrons. The van der Waals surface area contributed by atoms with E-state index in [1.54, 1.807) is 4.68 Å². The minimum Gasteiger partial charge on any atom is -0.351 e. The third-order valence-electron chi connectivity index (χ3n) is 3.31. The van der Waals surface area contributed by atoms with Crippen LogP contribution in [0.3, 0.4) is 0 Å². The fourth-order valence-electron chi connectivity index (χ4n) is 1.94. The average Bonchev–Trinajstić information content (AvgIpc) is 3.03. The molecule has 2 aromatic rings. The molecule has 0 saturated heterocycles. The van der Waals surface area contributed by atoms with Gasteiger partial charge < -0.3 is 10.2 Å². The monoisotopic (exact) mass is 323 g/mol. The lowest BCUT2D eigenvalue weighted by molar-refractivity contribution is 0.0946. The third-order valence-corrected chi connectivity index (χ3v) is 3.97. The molecule has 2 heterocycles. The summed E-state index contributed by atoms with van der Waals surface area (Å²) in [6.07, 6.45) is 0.898. The molecule has 0 spiro atoms. The van der Waals surface area contributed by atoms with Gasteiger partial charge in [-0.3, -0.25) is 4.79 Å². The molecule has 0 aliphatic heterocycles. The van der Waals surface area contributed by atoms with E-state index >= 15 is 0 Å². The van der Waals surface area contributed by atoms with E-state index in [-0.39, 0.29) is 5.91 Å². The Morgan fingerprint density at radius 2 is 2.09 bits per heavy atom. The van der Waals surface area contributed by atoms with Crippen LogP contribution in [0, 0.1) is 13.8 Å². The Morgan fingerprint density at radius 3 is 2.73 bits per heavy atom. The van der Waals surface area contributed by atoms with Crippen LogP contribution < -0.4 is 5.32 Å². The minimum absolute atomic E-state index is 0.185. The van der Waals surface area contributed by atoms with Crippen LogP contribution >= 0.6 is 11.7 Å². The van der Waals surface area contributed by atoms with E-state index in [0.29, 0.717) is 18.8 Å². The van der Waals surface area contributed by atoms with Crippen molar-refractivity contribution in [2.75, 3.05) is 27.2 Å². The van der Waals surface area contributed by atoms with Crippen LogP contribution in [0.15, 0.2) is 0 Å². The normalized spacial score (nSPS) is 11.1. The van der Waals surface area contributed by atoms with E-state index in [9.17, 15) is 4.79 Å². The van der Waals surface area contributed by atoms with Crippen LogP contribution in [0.4, 0.5) is 0 Å². The molecule has 8 nitrogen and oxygen atoms in total. The molecule has 0 aliphatic carbocycles. The van der Waals surface area contributed by atoms with Gasteiger partial charge in [-0.2, -0.15) is 8.75 Å². The number of carbonyl (C=O) groups excluding carboxylic acids is 1. The highest BCUT2D eigenvalue weighted by molar-refractivity contribution is 6.99. The van der Waals surface area contributed by atoms with Gasteiger partial charge in [0.05, 0.1) is 35.4 Å². The third kappa shape index (κ3) is 4.08. The Bertz CT molecular complexity index is 634. The van der Waals surface area contributed by atoms with Crippen LogP contribution in [0.1, 0.15) is 34.0 Å². The lowest BCUT2D eigenvalue weighted by Crippen LogP contribution is -2.28. The van der Waals surface area contributed by atoms with Gasteiger partial charge in [0.25, 0.3) is 5.91 Å². The van der Waals surface area contributed by atoms with Crippen molar-refractivity contribution < 1.29 is 4.79 Å². The molecule has 1 amide bonds. The van der Waals surface area contributed by atoms with Crippen molar-refractivity contribution >= 4 is 17.6 Å². The zero-order chi connectivity index (χ0) is 16.1. The van der Waals surface area contributed by atoms with Crippen molar-refractivity contribution in [3.8, 4) is 0 Å². The number of aromatic nitrogens is 5. The molecule has 0 aromatic carbocycles. The van der Waals surface area contributed by atoms with E-state index < -0.39 is 0 Å². The first-order valence-corrected chi connectivity index (χ1v) is 7.83. The molecule has 0 bridgehead atoms. The zero-order valence-corrected chi connectivity index (χ0v) is 14.1. The Morgan fingerprint density at radius 1 is 1.32 bits per heavy atom. The first-order valence-electron chi connectivity index (χ1n) is 7.10. The van der Waals surface area contributed by atoms with Crippen molar-refractivity contribution in [3.05, 3.63) is 22.8 Å². The number of aryl methyl sites for hydroxylation is 1. The molecule has 0 atom stereocenters. The minimum atomic E-state index is -0.185. The number of carbonyl (C=O) groups is 1. The van der Waals surface area contributed by atoms with Gasteiger partial charge in [-0.1, -0.05) is 5.21 Å². The summed E-state index contributed by atoms with van der Waals surface area (Å²) >= 11 is 1.18. The molecule has 2 rings (SSSR count). The van der Waals surface area contributed by atoms with Gasteiger partial charge in [-0.25, -0.2) is 4.68 Å². The fourth-order valence-corrected chi connectivity index (χ4v) is 2.49. The lowest BCUT2D eigenvalue weighted by atomic mass is 10.3. The highest BCUT2D eigenvalue weighted by atomic mass is 32.1. The van der Waals surface area contributed by atoms with Crippen LogP contribution in [0.5, 0.6) is 0 Å². The Kier molecular flexibility index (Phi) is 5.56. The van der Waals surface area contributed by atoms with Gasteiger partial charge in [0.2, 0.25) is 0 Å². The van der Waals surface area contributed by atoms with Crippen molar-refractivity contribution in [2.45, 2.75) is 26.8 Å². The summed E-state index contributed by atoms with van der Waals surface area (Å²) in [5, 5.41) is 10.9. The molecule has 9 heteroatoms. The van der Waals surface area contributed by atoms with E-state index in [4.69, 9.17) is 0 Å². The van der Waals surface area contributed by atoms with E-state index in [1.165, 1.54) is 11.7 Å². The van der Waals surface area contributed by atoms with Gasteiger partial charge in [-0.05, 0) is 40.9 Å². The SMILES string of the molecule is Cc1nsnc1Cn1nnc(C(=O)NCCCN(C)C)c1C. The highest BCUT2D eigenvalue weighted by Gasteiger charge is 2.17. The molecule has 0 saturated carbocycles. The summed E-state index contributed by atoms with van der Waals surface area (Å²) in [4.78, 5) is 14.2. The first-order chi connectivity index (χ1) is 10.5. The van der Waals surface area contributed by atoms with E-state index in [0.717, 1.165) is 30.0 Å². The lowest BCUT2D eigenvalue weighted by Gasteiger charge is -2.09. The second kappa shape index (κ2) is 7.41. The molecule has 2 aromatic heterocycles. The number of hydrogen-bond acceptors (Lipinski definition) is 7. The van der Waals surface area contributed by atoms with Crippen molar-refractivity contribution in [1.29, 1.82) is 0 Å². The van der Waals surface area contributed by atoms with Gasteiger partial charge in [0.1, 0.15) is 0 Å². The van der Waals surface area contributed by atoms with Crippen LogP contribution in [-0.4, -0.2) is 61.7 Å². The van der Waals surface area contributed by atoms with Gasteiger partial charge >= 0.3 is 0 Å². The summed E-state index contributed by atoms with van der Waals surface area (Å²) in [6, 6.07) is 0. The largest absolute Gasteiger partial charge is 0.351 e. The topological polar surface area (TPSA) is 88.8 Å². The molecule has 22 heavy (non-hydrogen) atoms. The zero-order valence-electron chi connectivity index (χ0n) is 13.3. The molecule has 0 aliphatic rings. The van der Waals surface area contributed by atoms with Crippen molar-refractivity contribution in [2.24, 2.45) is 0 Å². The molecule has 0 unspecified atom stereocenters. The second-order valence-electron chi connectivity index (χ2n) is 5.39. The smallest absolute Gasteiger partial charge is 0.273 e. The van der Waals surface area contributed by atoms with Gasteiger partial charge in [-0.15, -0.1) is 5.10 Å². The first kappa shape index (κ1) is 16.5. The van der Waals surface area contributed by atoms with Gasteiger partial charge in [0.15, 0.2) is 5.69 Å². The predicted molar refractivity (Wildman–Crippen MR) is 84.0 cm³/mol. The van der Waals surface area contributed by atoms with E-state index in [1.807, 2.05) is 27.9 Å². The summed E-state index contributed by atoms with van der Waals surface area (Å²) in [6.45, 7) is 5.78. The summed E-state index contributed by atoms with van der Waals surface area (Å²) < 4.78 is 10.0. The second-order valence-corrected chi connectivity index (χ2v) is 5.92. The molecular weight excluding hydrogens is 302 g/mol. The maximum Gasteiger partial charge on any atom is 0.273 e. The Labute approximate surface area is 133 Å². The summed E-state index contributed by atoms with van der Waals surface area (Å²) in [7, 11) is 4.01. The Balaban J connectivity index is 1.95. The van der Waals surface area contributed by atoms with Crippen LogP contribution in [-0.2, 0) is 6.54 Å². The molecule has 1 N–H and O–H groups in total. The molecule has 0 fully saturated rings. The van der Waals surface area contributed by atoms with Crippen molar-refractivity contribution in [3.63, 3.8) is 0 Å². The molecule has 120 valence electrons. The standard InChI is InChI=1S/C13H21N7OS/c1-9-11(17-22-16-9)8-20-10(2)12(15-18-20)13(21)14-6-5-7-19(3)4/h5-8H2,1-4H3,(H,14,21). The Hall–Kier alpha value is -1.87. The highest BCUT2D eigenvalue weighted by Crippen LogP contribution is 2.09. The summed E-state index contributed by atoms with van der Waals surface area (Å²) in [5.41, 5.74) is 2.84. The predicted octanol–water partition coefficient (Wildman–Crippen LogP) is 0.476. The van der Waals surface area contributed by atoms with Crippen LogP contribution in [0.2, 0.25) is 0 Å². The molecular formula is C13H21N7OS. The maximum atomic E-state index is 12.1. The number of amides is 1. The number of hydrogen-bond donors (Lipinski definition) is 1.